The third-order valence-corrected chi connectivity index (χ3v) is 3.92. The zero-order valence-electron chi connectivity index (χ0n) is 9.21. The highest BCUT2D eigenvalue weighted by Gasteiger charge is 2.36. The maximum atomic E-state index is 12.2. The van der Waals surface area contributed by atoms with Crippen LogP contribution < -0.4 is 5.73 Å². The van der Waals surface area contributed by atoms with Crippen molar-refractivity contribution in [2.75, 3.05) is 6.79 Å². The summed E-state index contributed by atoms with van der Waals surface area (Å²) >= 11 is 1.00. The number of hydrogen-bond acceptors (Lipinski definition) is 5. The van der Waals surface area contributed by atoms with Gasteiger partial charge in [0.15, 0.2) is 12.2 Å². The summed E-state index contributed by atoms with van der Waals surface area (Å²) in [6.07, 6.45) is 0. The molecule has 2 aliphatic heterocycles. The van der Waals surface area contributed by atoms with E-state index in [-0.39, 0.29) is 17.5 Å². The Morgan fingerprint density at radius 1 is 1.33 bits per heavy atom. The molecule has 2 bridgehead atoms. The van der Waals surface area contributed by atoms with Crippen molar-refractivity contribution in [3.05, 3.63) is 40.3 Å². The summed E-state index contributed by atoms with van der Waals surface area (Å²) in [6, 6.07) is 6.96. The summed E-state index contributed by atoms with van der Waals surface area (Å²) in [4.78, 5) is 23.9. The molecule has 0 saturated heterocycles. The van der Waals surface area contributed by atoms with Crippen LogP contribution in [0.1, 0.15) is 15.9 Å². The highest BCUT2D eigenvalue weighted by molar-refractivity contribution is 8.05. The number of rotatable bonds is 1. The first-order valence-electron chi connectivity index (χ1n) is 5.27. The molecule has 6 heteroatoms. The topological polar surface area (TPSA) is 78.6 Å². The summed E-state index contributed by atoms with van der Waals surface area (Å²) in [6.45, 7) is -0.0656. The quantitative estimate of drug-likeness (QED) is 0.820. The Hall–Kier alpha value is -1.79. The van der Waals surface area contributed by atoms with Crippen molar-refractivity contribution in [1.82, 2.24) is 0 Å². The molecule has 0 saturated carbocycles. The van der Waals surface area contributed by atoms with E-state index in [0.29, 0.717) is 16.9 Å². The van der Waals surface area contributed by atoms with Crippen LogP contribution in [0.4, 0.5) is 0 Å². The van der Waals surface area contributed by atoms with E-state index in [4.69, 9.17) is 15.2 Å². The third-order valence-electron chi connectivity index (χ3n) is 2.73. The SMILES string of the molecule is NC(=O)C1=C2OCOC(S1)C(=O)c1ccccc12. The minimum atomic E-state index is -0.784. The maximum absolute atomic E-state index is 12.2. The van der Waals surface area contributed by atoms with Crippen LogP contribution in [0, 0.1) is 0 Å². The first-order chi connectivity index (χ1) is 8.68. The van der Waals surface area contributed by atoms with Crippen molar-refractivity contribution in [2.24, 2.45) is 5.73 Å². The summed E-state index contributed by atoms with van der Waals surface area (Å²) in [5.74, 6) is -0.459. The molecule has 0 spiro atoms. The van der Waals surface area contributed by atoms with E-state index in [1.54, 1.807) is 24.3 Å². The normalized spacial score (nSPS) is 22.0. The standard InChI is InChI=1S/C12H9NO4S/c13-11(15)10-9-7-4-2-1-3-6(7)8(14)12(18-10)17-5-16-9/h1-4,12H,5H2,(H2,13,15). The van der Waals surface area contributed by atoms with Gasteiger partial charge in [0.25, 0.3) is 5.91 Å². The van der Waals surface area contributed by atoms with Crippen LogP contribution in [-0.2, 0) is 14.3 Å². The zero-order valence-corrected chi connectivity index (χ0v) is 10.0. The molecule has 1 aromatic carbocycles. The molecule has 0 fully saturated rings. The van der Waals surface area contributed by atoms with Crippen LogP contribution >= 0.6 is 11.8 Å². The first-order valence-corrected chi connectivity index (χ1v) is 6.15. The largest absolute Gasteiger partial charge is 0.465 e. The number of amides is 1. The molecular formula is C12H9NO4S. The van der Waals surface area contributed by atoms with Crippen LogP contribution in [0.5, 0.6) is 0 Å². The van der Waals surface area contributed by atoms with E-state index < -0.39 is 11.3 Å². The molecule has 3 rings (SSSR count). The van der Waals surface area contributed by atoms with Gasteiger partial charge in [-0.2, -0.15) is 0 Å². The monoisotopic (exact) mass is 263 g/mol. The number of primary amides is 1. The van der Waals surface area contributed by atoms with Gasteiger partial charge in [-0.05, 0) is 0 Å². The molecule has 0 radical (unpaired) electrons. The van der Waals surface area contributed by atoms with Crippen LogP contribution in [0.2, 0.25) is 0 Å². The summed E-state index contributed by atoms with van der Waals surface area (Å²) in [7, 11) is 0. The van der Waals surface area contributed by atoms with Gasteiger partial charge in [0.1, 0.15) is 10.7 Å². The van der Waals surface area contributed by atoms with E-state index >= 15 is 0 Å². The fraction of sp³-hybridized carbons (Fsp3) is 0.167. The average Bonchev–Trinajstić information content (AvgIpc) is 2.65. The number of carbonyl (C=O) groups excluding carboxylic acids is 2. The second-order valence-electron chi connectivity index (χ2n) is 3.81. The van der Waals surface area contributed by atoms with E-state index in [1.165, 1.54) is 0 Å². The molecule has 2 aliphatic rings. The van der Waals surface area contributed by atoms with Crippen molar-refractivity contribution in [3.63, 3.8) is 0 Å². The average molecular weight is 263 g/mol. The minimum Gasteiger partial charge on any atom is -0.465 e. The Bertz CT molecular complexity index is 581. The molecule has 1 aromatic rings. The number of thioether (sulfide) groups is 1. The van der Waals surface area contributed by atoms with Crippen molar-refractivity contribution >= 4 is 29.2 Å². The molecule has 1 amide bonds. The molecule has 5 nitrogen and oxygen atoms in total. The van der Waals surface area contributed by atoms with Crippen LogP contribution in [-0.4, -0.2) is 23.9 Å². The molecular weight excluding hydrogens is 254 g/mol. The number of Topliss-reactive ketones (excluding diaryl/α,β-unsaturated/α-hetero) is 1. The lowest BCUT2D eigenvalue weighted by Crippen LogP contribution is -2.23. The van der Waals surface area contributed by atoms with Crippen LogP contribution in [0.3, 0.4) is 0 Å². The minimum absolute atomic E-state index is 0.0656. The number of ketones is 1. The number of nitrogens with two attached hydrogens (primary N) is 1. The number of fused-ring (bicyclic) bond motifs is 4. The highest BCUT2D eigenvalue weighted by atomic mass is 32.2. The van der Waals surface area contributed by atoms with E-state index in [1.807, 2.05) is 0 Å². The second-order valence-corrected chi connectivity index (χ2v) is 4.88. The van der Waals surface area contributed by atoms with Gasteiger partial charge < -0.3 is 15.2 Å². The summed E-state index contributed by atoms with van der Waals surface area (Å²) < 4.78 is 10.7. The van der Waals surface area contributed by atoms with Crippen molar-refractivity contribution < 1.29 is 19.1 Å². The van der Waals surface area contributed by atoms with Gasteiger partial charge >= 0.3 is 0 Å². The van der Waals surface area contributed by atoms with Crippen LogP contribution in [0.25, 0.3) is 5.76 Å². The van der Waals surface area contributed by atoms with Crippen molar-refractivity contribution in [2.45, 2.75) is 5.44 Å². The number of hydrogen-bond donors (Lipinski definition) is 1. The Morgan fingerprint density at radius 2 is 2.06 bits per heavy atom. The first kappa shape index (κ1) is 11.3. The molecule has 0 aromatic heterocycles. The predicted octanol–water partition coefficient (Wildman–Crippen LogP) is 1.10. The highest BCUT2D eigenvalue weighted by Crippen LogP contribution is 2.40. The zero-order chi connectivity index (χ0) is 12.7. The van der Waals surface area contributed by atoms with E-state index in [9.17, 15) is 9.59 Å². The maximum Gasteiger partial charge on any atom is 0.259 e. The predicted molar refractivity (Wildman–Crippen MR) is 65.3 cm³/mol. The Balaban J connectivity index is 2.29. The molecule has 92 valence electrons. The Kier molecular flexibility index (Phi) is 2.61. The lowest BCUT2D eigenvalue weighted by Gasteiger charge is -2.17. The smallest absolute Gasteiger partial charge is 0.259 e. The van der Waals surface area contributed by atoms with E-state index in [2.05, 4.69) is 0 Å². The number of ether oxygens (including phenoxy) is 2. The summed E-state index contributed by atoms with van der Waals surface area (Å²) in [5.41, 5.74) is 5.63. The van der Waals surface area contributed by atoms with Gasteiger partial charge in [0.2, 0.25) is 5.78 Å². The van der Waals surface area contributed by atoms with Gasteiger partial charge in [-0.1, -0.05) is 36.0 Å². The van der Waals surface area contributed by atoms with Gasteiger partial charge in [0.05, 0.1) is 0 Å². The molecule has 2 N–H and O–H groups in total. The lowest BCUT2D eigenvalue weighted by atomic mass is 10.0. The fourth-order valence-corrected chi connectivity index (χ4v) is 2.90. The van der Waals surface area contributed by atoms with Gasteiger partial charge in [0, 0.05) is 11.1 Å². The number of carbonyl (C=O) groups is 2. The van der Waals surface area contributed by atoms with Gasteiger partial charge in [-0.25, -0.2) is 0 Å². The lowest BCUT2D eigenvalue weighted by molar-refractivity contribution is -0.113. The molecule has 18 heavy (non-hydrogen) atoms. The molecule has 1 atom stereocenters. The van der Waals surface area contributed by atoms with Crippen molar-refractivity contribution in [1.29, 1.82) is 0 Å². The van der Waals surface area contributed by atoms with Gasteiger partial charge in [-0.3, -0.25) is 9.59 Å². The molecule has 2 heterocycles. The summed E-state index contributed by atoms with van der Waals surface area (Å²) in [5, 5.41) is 0. The van der Waals surface area contributed by atoms with Crippen molar-refractivity contribution in [3.8, 4) is 0 Å². The molecule has 0 aliphatic carbocycles. The fourth-order valence-electron chi connectivity index (χ4n) is 1.94. The third kappa shape index (κ3) is 1.61. The number of benzene rings is 1. The Labute approximate surface area is 107 Å². The second kappa shape index (κ2) is 4.15. The Morgan fingerprint density at radius 3 is 2.78 bits per heavy atom. The van der Waals surface area contributed by atoms with Gasteiger partial charge in [-0.15, -0.1) is 0 Å². The van der Waals surface area contributed by atoms with Crippen LogP contribution in [0.15, 0.2) is 29.2 Å². The van der Waals surface area contributed by atoms with E-state index in [0.717, 1.165) is 11.8 Å². The molecule has 1 unspecified atom stereocenters.